The minimum atomic E-state index is -0.892. The SMILES string of the molecule is COc1cc(C2C3=C(CCCC3=O)OC(=N)C2C#N)ccc1OCc1ccc(F)cc1. The number of benzene rings is 2. The van der Waals surface area contributed by atoms with Crippen molar-refractivity contribution in [3.63, 3.8) is 0 Å². The van der Waals surface area contributed by atoms with Crippen LogP contribution in [0.1, 0.15) is 36.3 Å². The van der Waals surface area contributed by atoms with E-state index in [1.54, 1.807) is 30.3 Å². The van der Waals surface area contributed by atoms with Gasteiger partial charge >= 0.3 is 0 Å². The van der Waals surface area contributed by atoms with E-state index in [-0.39, 0.29) is 24.1 Å². The number of hydrogen-bond acceptors (Lipinski definition) is 6. The molecule has 0 saturated heterocycles. The number of carbonyl (C=O) groups excluding carboxylic acids is 1. The summed E-state index contributed by atoms with van der Waals surface area (Å²) in [4.78, 5) is 12.7. The molecule has 0 radical (unpaired) electrons. The highest BCUT2D eigenvalue weighted by Gasteiger charge is 2.42. The number of nitrogens with zero attached hydrogens (tertiary/aromatic N) is 1. The molecule has 0 spiro atoms. The third-order valence-corrected chi connectivity index (χ3v) is 5.56. The number of Topliss-reactive ketones (excluding diaryl/α,β-unsaturated/α-hetero) is 1. The van der Waals surface area contributed by atoms with E-state index in [0.29, 0.717) is 47.7 Å². The van der Waals surface area contributed by atoms with E-state index in [1.165, 1.54) is 19.2 Å². The molecule has 2 unspecified atom stereocenters. The normalized spacial score (nSPS) is 20.5. The molecule has 6 nitrogen and oxygen atoms in total. The summed E-state index contributed by atoms with van der Waals surface area (Å²) in [5.41, 5.74) is 1.97. The second-order valence-corrected chi connectivity index (χ2v) is 7.49. The molecular weight excluding hydrogens is 399 g/mol. The van der Waals surface area contributed by atoms with Gasteiger partial charge in [0, 0.05) is 24.3 Å². The maximum Gasteiger partial charge on any atom is 0.205 e. The molecule has 0 saturated carbocycles. The average molecular weight is 420 g/mol. The summed E-state index contributed by atoms with van der Waals surface area (Å²) in [6.45, 7) is 0.229. The molecule has 1 N–H and O–H groups in total. The number of halogens is 1. The molecule has 31 heavy (non-hydrogen) atoms. The minimum absolute atomic E-state index is 0.0467. The molecule has 7 heteroatoms. The second-order valence-electron chi connectivity index (χ2n) is 7.49. The van der Waals surface area contributed by atoms with Gasteiger partial charge in [0.25, 0.3) is 0 Å². The number of methoxy groups -OCH3 is 1. The van der Waals surface area contributed by atoms with Crippen molar-refractivity contribution in [2.75, 3.05) is 7.11 Å². The van der Waals surface area contributed by atoms with Crippen molar-refractivity contribution in [3.8, 4) is 17.6 Å². The van der Waals surface area contributed by atoms with Crippen LogP contribution in [0.25, 0.3) is 0 Å². The Morgan fingerprint density at radius 3 is 2.68 bits per heavy atom. The molecule has 2 atom stereocenters. The number of allylic oxidation sites excluding steroid dienone is 2. The van der Waals surface area contributed by atoms with E-state index >= 15 is 0 Å². The van der Waals surface area contributed by atoms with Gasteiger partial charge in [0.05, 0.1) is 13.2 Å². The van der Waals surface area contributed by atoms with E-state index in [1.807, 2.05) is 0 Å². The fraction of sp³-hybridized carbons (Fsp3) is 0.292. The Hall–Kier alpha value is -3.66. The number of ketones is 1. The summed E-state index contributed by atoms with van der Waals surface area (Å²) in [5, 5.41) is 17.9. The molecule has 4 rings (SSSR count). The van der Waals surface area contributed by atoms with Gasteiger partial charge < -0.3 is 14.2 Å². The maximum absolute atomic E-state index is 13.1. The van der Waals surface area contributed by atoms with Crippen LogP contribution in [-0.2, 0) is 16.1 Å². The minimum Gasteiger partial charge on any atom is -0.493 e. The summed E-state index contributed by atoms with van der Waals surface area (Å²) in [7, 11) is 1.51. The van der Waals surface area contributed by atoms with Crippen molar-refractivity contribution in [1.82, 2.24) is 0 Å². The number of rotatable bonds is 5. The molecule has 0 amide bonds. The Labute approximate surface area is 179 Å². The van der Waals surface area contributed by atoms with Gasteiger partial charge in [-0.05, 0) is 41.8 Å². The first-order valence-electron chi connectivity index (χ1n) is 9.99. The first-order chi connectivity index (χ1) is 15.0. The van der Waals surface area contributed by atoms with Crippen LogP contribution in [0.15, 0.2) is 53.8 Å². The summed E-state index contributed by atoms with van der Waals surface area (Å²) < 4.78 is 29.9. The number of hydrogen-bond donors (Lipinski definition) is 1. The van der Waals surface area contributed by atoms with Crippen LogP contribution in [0.2, 0.25) is 0 Å². The van der Waals surface area contributed by atoms with Crippen LogP contribution < -0.4 is 9.47 Å². The van der Waals surface area contributed by atoms with Crippen LogP contribution in [-0.4, -0.2) is 18.8 Å². The molecule has 2 aromatic carbocycles. The van der Waals surface area contributed by atoms with Gasteiger partial charge in [-0.15, -0.1) is 0 Å². The molecule has 0 bridgehead atoms. The van der Waals surface area contributed by atoms with E-state index in [0.717, 1.165) is 5.56 Å². The van der Waals surface area contributed by atoms with Gasteiger partial charge in [-0.25, -0.2) is 4.39 Å². The van der Waals surface area contributed by atoms with Crippen molar-refractivity contribution in [2.24, 2.45) is 5.92 Å². The standard InChI is InChI=1S/C24H21FN2O4/c1-29-21-11-15(7-10-19(21)30-13-14-5-8-16(25)9-6-14)22-17(12-26)24(27)31-20-4-2-3-18(28)23(20)22/h5-11,17,22,27H,2-4,13H2,1H3. The summed E-state index contributed by atoms with van der Waals surface area (Å²) >= 11 is 0. The van der Waals surface area contributed by atoms with Crippen molar-refractivity contribution in [2.45, 2.75) is 31.8 Å². The molecule has 0 aromatic heterocycles. The van der Waals surface area contributed by atoms with Gasteiger partial charge in [0.15, 0.2) is 17.3 Å². The van der Waals surface area contributed by atoms with Crippen LogP contribution >= 0.6 is 0 Å². The zero-order valence-corrected chi connectivity index (χ0v) is 17.0. The Kier molecular flexibility index (Phi) is 5.72. The fourth-order valence-electron chi connectivity index (χ4n) is 4.03. The van der Waals surface area contributed by atoms with Gasteiger partial charge in [0.1, 0.15) is 24.1 Å². The van der Waals surface area contributed by atoms with E-state index in [9.17, 15) is 14.4 Å². The van der Waals surface area contributed by atoms with Crippen LogP contribution in [0.4, 0.5) is 4.39 Å². The molecule has 158 valence electrons. The van der Waals surface area contributed by atoms with Gasteiger partial charge in [0.2, 0.25) is 5.90 Å². The van der Waals surface area contributed by atoms with Gasteiger partial charge in [-0.1, -0.05) is 18.2 Å². The smallest absolute Gasteiger partial charge is 0.205 e. The molecule has 0 fully saturated rings. The first-order valence-corrected chi connectivity index (χ1v) is 9.99. The quantitative estimate of drug-likeness (QED) is 0.760. The lowest BCUT2D eigenvalue weighted by molar-refractivity contribution is -0.116. The summed E-state index contributed by atoms with van der Waals surface area (Å²) in [6.07, 6.45) is 1.66. The lowest BCUT2D eigenvalue weighted by Crippen LogP contribution is -2.34. The zero-order valence-electron chi connectivity index (χ0n) is 17.0. The number of ether oxygens (including phenoxy) is 3. The van der Waals surface area contributed by atoms with E-state index in [4.69, 9.17) is 19.6 Å². The highest BCUT2D eigenvalue weighted by Crippen LogP contribution is 2.45. The summed E-state index contributed by atoms with van der Waals surface area (Å²) in [5.74, 6) is -0.564. The van der Waals surface area contributed by atoms with Gasteiger partial charge in [-0.2, -0.15) is 5.26 Å². The third kappa shape index (κ3) is 4.02. The molecular formula is C24H21FN2O4. The molecule has 2 aromatic rings. The summed E-state index contributed by atoms with van der Waals surface area (Å²) in [6, 6.07) is 13.4. The zero-order chi connectivity index (χ0) is 22.0. The predicted octanol–water partition coefficient (Wildman–Crippen LogP) is 4.65. The topological polar surface area (TPSA) is 92.4 Å². The monoisotopic (exact) mass is 420 g/mol. The highest BCUT2D eigenvalue weighted by atomic mass is 19.1. The Morgan fingerprint density at radius 2 is 1.97 bits per heavy atom. The Bertz CT molecular complexity index is 1100. The predicted molar refractivity (Wildman–Crippen MR) is 110 cm³/mol. The number of nitriles is 1. The number of nitrogens with one attached hydrogen (secondary N) is 1. The molecule has 1 aliphatic heterocycles. The highest BCUT2D eigenvalue weighted by molar-refractivity contribution is 6.01. The number of carbonyl (C=O) groups is 1. The van der Waals surface area contributed by atoms with E-state index in [2.05, 4.69) is 6.07 Å². The molecule has 1 heterocycles. The van der Waals surface area contributed by atoms with Crippen molar-refractivity contribution < 1.29 is 23.4 Å². The largest absolute Gasteiger partial charge is 0.493 e. The van der Waals surface area contributed by atoms with E-state index < -0.39 is 11.8 Å². The Morgan fingerprint density at radius 1 is 1.19 bits per heavy atom. The first kappa shape index (κ1) is 20.6. The molecule has 2 aliphatic rings. The van der Waals surface area contributed by atoms with Crippen molar-refractivity contribution in [3.05, 3.63) is 70.7 Å². The fourth-order valence-corrected chi connectivity index (χ4v) is 4.03. The lowest BCUT2D eigenvalue weighted by atomic mass is 9.74. The Balaban J connectivity index is 1.66. The third-order valence-electron chi connectivity index (χ3n) is 5.56. The van der Waals surface area contributed by atoms with Crippen LogP contribution in [0, 0.1) is 28.5 Å². The second kappa shape index (κ2) is 8.60. The maximum atomic E-state index is 13.1. The van der Waals surface area contributed by atoms with Crippen molar-refractivity contribution in [1.29, 1.82) is 10.7 Å². The lowest BCUT2D eigenvalue weighted by Gasteiger charge is -2.34. The molecule has 1 aliphatic carbocycles. The van der Waals surface area contributed by atoms with Gasteiger partial charge in [-0.3, -0.25) is 10.2 Å². The van der Waals surface area contributed by atoms with Crippen molar-refractivity contribution >= 4 is 11.7 Å². The van der Waals surface area contributed by atoms with Crippen LogP contribution in [0.3, 0.4) is 0 Å². The van der Waals surface area contributed by atoms with Crippen LogP contribution in [0.5, 0.6) is 11.5 Å². The average Bonchev–Trinajstić information content (AvgIpc) is 2.78.